The molecule has 0 atom stereocenters. The molecule has 1 aromatic rings. The average Bonchev–Trinajstić information content (AvgIpc) is 3.10. The van der Waals surface area contributed by atoms with Crippen LogP contribution in [0.3, 0.4) is 0 Å². The first-order valence-electron chi connectivity index (χ1n) is 8.32. The van der Waals surface area contributed by atoms with Gasteiger partial charge in [0.15, 0.2) is 0 Å². The summed E-state index contributed by atoms with van der Waals surface area (Å²) in [5.74, 6) is 2.91. The molecule has 2 rings (SSSR count). The van der Waals surface area contributed by atoms with E-state index in [0.29, 0.717) is 5.92 Å². The van der Waals surface area contributed by atoms with Crippen LogP contribution >= 0.6 is 0 Å². The molecule has 1 saturated carbocycles. The highest BCUT2D eigenvalue weighted by molar-refractivity contribution is 5.20. The molecule has 0 radical (unpaired) electrons. The zero-order valence-electron chi connectivity index (χ0n) is 14.6. The van der Waals surface area contributed by atoms with Crippen LogP contribution in [0.5, 0.6) is 0 Å². The molecule has 3 nitrogen and oxygen atoms in total. The highest BCUT2D eigenvalue weighted by Gasteiger charge is 2.30. The topological polar surface area (TPSA) is 28.4 Å². The molecule has 0 aromatic carbocycles. The minimum Gasteiger partial charge on any atom is -0.463 e. The molecule has 120 valence electrons. The van der Waals surface area contributed by atoms with Crippen molar-refractivity contribution >= 4 is 0 Å². The van der Waals surface area contributed by atoms with Gasteiger partial charge in [-0.05, 0) is 58.1 Å². The van der Waals surface area contributed by atoms with E-state index in [1.165, 1.54) is 24.9 Å². The van der Waals surface area contributed by atoms with E-state index in [1.54, 1.807) is 0 Å². The van der Waals surface area contributed by atoms with Crippen LogP contribution in [0, 0.1) is 12.8 Å². The van der Waals surface area contributed by atoms with Crippen molar-refractivity contribution in [3.8, 4) is 0 Å². The van der Waals surface area contributed by atoms with Gasteiger partial charge in [-0.1, -0.05) is 13.8 Å². The van der Waals surface area contributed by atoms with E-state index in [9.17, 15) is 0 Å². The maximum Gasteiger partial charge on any atom is 0.120 e. The van der Waals surface area contributed by atoms with Crippen LogP contribution in [0.4, 0.5) is 0 Å². The fourth-order valence-electron chi connectivity index (χ4n) is 2.64. The summed E-state index contributed by atoms with van der Waals surface area (Å²) >= 11 is 0. The van der Waals surface area contributed by atoms with Crippen molar-refractivity contribution < 1.29 is 4.42 Å². The molecule has 0 bridgehead atoms. The maximum atomic E-state index is 6.10. The molecule has 0 saturated heterocycles. The van der Waals surface area contributed by atoms with Crippen molar-refractivity contribution in [2.75, 3.05) is 6.54 Å². The second kappa shape index (κ2) is 6.53. The number of aryl methyl sites for hydroxylation is 1. The lowest BCUT2D eigenvalue weighted by atomic mass is 10.1. The summed E-state index contributed by atoms with van der Waals surface area (Å²) in [5, 5.41) is 3.51. The summed E-state index contributed by atoms with van der Waals surface area (Å²) in [6, 6.07) is 3.00. The third kappa shape index (κ3) is 5.48. The monoisotopic (exact) mass is 292 g/mol. The molecule has 1 aliphatic rings. The van der Waals surface area contributed by atoms with Gasteiger partial charge in [-0.3, -0.25) is 4.90 Å². The normalized spacial score (nSPS) is 16.2. The number of hydrogen-bond acceptors (Lipinski definition) is 3. The first-order valence-corrected chi connectivity index (χ1v) is 8.32. The Bertz CT molecular complexity index is 452. The fourth-order valence-corrected chi connectivity index (χ4v) is 2.64. The van der Waals surface area contributed by atoms with Gasteiger partial charge in [-0.15, -0.1) is 0 Å². The molecule has 21 heavy (non-hydrogen) atoms. The molecule has 0 amide bonds. The van der Waals surface area contributed by atoms with Gasteiger partial charge in [-0.25, -0.2) is 0 Å². The maximum absolute atomic E-state index is 6.10. The Balaban J connectivity index is 1.97. The fraction of sp³-hybridized carbons (Fsp3) is 0.778. The van der Waals surface area contributed by atoms with E-state index in [1.807, 2.05) is 0 Å². The van der Waals surface area contributed by atoms with Crippen LogP contribution in [-0.4, -0.2) is 23.0 Å². The quantitative estimate of drug-likeness (QED) is 0.820. The Hall–Kier alpha value is -0.800. The van der Waals surface area contributed by atoms with E-state index in [4.69, 9.17) is 4.42 Å². The average molecular weight is 292 g/mol. The largest absolute Gasteiger partial charge is 0.463 e. The Labute approximate surface area is 130 Å². The van der Waals surface area contributed by atoms with Crippen LogP contribution in [0.2, 0.25) is 0 Å². The van der Waals surface area contributed by atoms with Crippen molar-refractivity contribution in [3.05, 3.63) is 23.2 Å². The third-order valence-corrected chi connectivity index (χ3v) is 3.87. The lowest BCUT2D eigenvalue weighted by Crippen LogP contribution is -2.35. The first kappa shape index (κ1) is 16.6. The molecule has 1 aromatic heterocycles. The van der Waals surface area contributed by atoms with E-state index >= 15 is 0 Å². The van der Waals surface area contributed by atoms with Crippen LogP contribution in [0.15, 0.2) is 10.5 Å². The predicted molar refractivity (Wildman–Crippen MR) is 88.3 cm³/mol. The highest BCUT2D eigenvalue weighted by Crippen LogP contribution is 2.29. The molecule has 3 heteroatoms. The summed E-state index contributed by atoms with van der Waals surface area (Å²) in [7, 11) is 0. The summed E-state index contributed by atoms with van der Waals surface area (Å²) in [5.41, 5.74) is 1.39. The SMILES string of the molecule is Cc1cc(CN(CC(C)C)C2CC2)oc1CNC(C)(C)C. The van der Waals surface area contributed by atoms with Crippen LogP contribution in [0.25, 0.3) is 0 Å². The minimum absolute atomic E-state index is 0.122. The van der Waals surface area contributed by atoms with Gasteiger partial charge >= 0.3 is 0 Å². The zero-order valence-corrected chi connectivity index (χ0v) is 14.6. The second-order valence-electron chi connectivity index (χ2n) is 7.98. The minimum atomic E-state index is 0.122. The molecule has 1 N–H and O–H groups in total. The van der Waals surface area contributed by atoms with Gasteiger partial charge in [0, 0.05) is 18.1 Å². The number of rotatable bonds is 7. The lowest BCUT2D eigenvalue weighted by molar-refractivity contribution is 0.206. The molecule has 1 heterocycles. The number of furan rings is 1. The van der Waals surface area contributed by atoms with Gasteiger partial charge < -0.3 is 9.73 Å². The van der Waals surface area contributed by atoms with E-state index < -0.39 is 0 Å². The molecule has 0 aliphatic heterocycles. The molecule has 0 spiro atoms. The third-order valence-electron chi connectivity index (χ3n) is 3.87. The summed E-state index contributed by atoms with van der Waals surface area (Å²) in [6.45, 7) is 16.2. The summed E-state index contributed by atoms with van der Waals surface area (Å²) in [4.78, 5) is 2.59. The molecular weight excluding hydrogens is 260 g/mol. The number of nitrogens with one attached hydrogen (secondary N) is 1. The standard InChI is InChI=1S/C18H32N2O/c1-13(2)11-20(15-7-8-15)12-16-9-14(3)17(21-16)10-19-18(4,5)6/h9,13,15,19H,7-8,10-12H2,1-6H3. The van der Waals surface area contributed by atoms with Crippen LogP contribution in [-0.2, 0) is 13.1 Å². The van der Waals surface area contributed by atoms with Crippen molar-refractivity contribution in [3.63, 3.8) is 0 Å². The Morgan fingerprint density at radius 1 is 1.33 bits per heavy atom. The Morgan fingerprint density at radius 3 is 2.52 bits per heavy atom. The molecule has 1 fully saturated rings. The van der Waals surface area contributed by atoms with Gasteiger partial charge in [-0.2, -0.15) is 0 Å². The van der Waals surface area contributed by atoms with E-state index in [-0.39, 0.29) is 5.54 Å². The smallest absolute Gasteiger partial charge is 0.120 e. The summed E-state index contributed by atoms with van der Waals surface area (Å²) < 4.78 is 6.10. The molecular formula is C18H32N2O. The molecule has 1 aliphatic carbocycles. The van der Waals surface area contributed by atoms with Crippen LogP contribution < -0.4 is 5.32 Å². The zero-order chi connectivity index (χ0) is 15.6. The van der Waals surface area contributed by atoms with E-state index in [2.05, 4.69) is 57.8 Å². The van der Waals surface area contributed by atoms with Gasteiger partial charge in [0.1, 0.15) is 11.5 Å². The molecule has 0 unspecified atom stereocenters. The van der Waals surface area contributed by atoms with Crippen molar-refractivity contribution in [1.29, 1.82) is 0 Å². The van der Waals surface area contributed by atoms with Crippen LogP contribution in [0.1, 0.15) is 64.5 Å². The van der Waals surface area contributed by atoms with Crippen molar-refractivity contribution in [1.82, 2.24) is 10.2 Å². The highest BCUT2D eigenvalue weighted by atomic mass is 16.3. The Morgan fingerprint density at radius 2 is 2.00 bits per heavy atom. The Kier molecular flexibility index (Phi) is 5.15. The van der Waals surface area contributed by atoms with Gasteiger partial charge in [0.05, 0.1) is 13.1 Å². The van der Waals surface area contributed by atoms with Gasteiger partial charge in [0.25, 0.3) is 0 Å². The van der Waals surface area contributed by atoms with E-state index in [0.717, 1.165) is 30.7 Å². The number of hydrogen-bond donors (Lipinski definition) is 1. The predicted octanol–water partition coefficient (Wildman–Crippen LogP) is 4.10. The first-order chi connectivity index (χ1) is 9.74. The second-order valence-corrected chi connectivity index (χ2v) is 7.98. The number of nitrogens with zero attached hydrogens (tertiary/aromatic N) is 1. The van der Waals surface area contributed by atoms with Gasteiger partial charge in [0.2, 0.25) is 0 Å². The van der Waals surface area contributed by atoms with Crippen molar-refractivity contribution in [2.45, 2.75) is 79.1 Å². The van der Waals surface area contributed by atoms with Crippen molar-refractivity contribution in [2.24, 2.45) is 5.92 Å². The summed E-state index contributed by atoms with van der Waals surface area (Å²) in [6.07, 6.45) is 2.70. The lowest BCUT2D eigenvalue weighted by Gasteiger charge is -2.23.